The number of nitrogens with one attached hydrogen (secondary N) is 2. The Bertz CT molecular complexity index is 358. The van der Waals surface area contributed by atoms with Crippen molar-refractivity contribution in [2.45, 2.75) is 50.7 Å². The Morgan fingerprint density at radius 1 is 1.40 bits per heavy atom. The first-order valence-corrected chi connectivity index (χ1v) is 7.60. The molecule has 0 bridgehead atoms. The van der Waals surface area contributed by atoms with Gasteiger partial charge in [-0.3, -0.25) is 4.90 Å². The topological polar surface area (TPSA) is 64.6 Å². The normalized spacial score (nSPS) is 22.9. The summed E-state index contributed by atoms with van der Waals surface area (Å²) in [5, 5.41) is 15.7. The fourth-order valence-electron chi connectivity index (χ4n) is 2.86. The Morgan fingerprint density at radius 3 is 2.55 bits per heavy atom. The first-order chi connectivity index (χ1) is 9.47. The molecule has 1 aliphatic carbocycles. The number of carbonyl (C=O) groups excluding carboxylic acids is 1. The van der Waals surface area contributed by atoms with E-state index in [0.29, 0.717) is 6.54 Å². The molecule has 114 valence electrons. The van der Waals surface area contributed by atoms with Gasteiger partial charge in [0.25, 0.3) is 0 Å². The summed E-state index contributed by atoms with van der Waals surface area (Å²) in [7, 11) is 0. The Kier molecular flexibility index (Phi) is 5.05. The minimum atomic E-state index is -0.651. The molecule has 20 heavy (non-hydrogen) atoms. The Morgan fingerprint density at radius 2 is 2.05 bits per heavy atom. The number of amides is 2. The Labute approximate surface area is 121 Å². The first-order valence-electron chi connectivity index (χ1n) is 7.60. The van der Waals surface area contributed by atoms with E-state index < -0.39 is 5.60 Å². The molecular formula is C15H27N3O2. The Hall–Kier alpha value is -1.07. The van der Waals surface area contributed by atoms with Crippen LogP contribution in [0.15, 0.2) is 12.2 Å². The van der Waals surface area contributed by atoms with Gasteiger partial charge in [0.2, 0.25) is 0 Å². The maximum Gasteiger partial charge on any atom is 0.315 e. The lowest BCUT2D eigenvalue weighted by Gasteiger charge is -2.37. The van der Waals surface area contributed by atoms with Gasteiger partial charge in [0, 0.05) is 32.2 Å². The molecule has 0 aromatic heterocycles. The van der Waals surface area contributed by atoms with E-state index in [2.05, 4.69) is 22.1 Å². The van der Waals surface area contributed by atoms with Crippen molar-refractivity contribution in [1.82, 2.24) is 15.5 Å². The molecule has 5 heteroatoms. The second-order valence-electron chi connectivity index (χ2n) is 6.41. The summed E-state index contributed by atoms with van der Waals surface area (Å²) in [5.74, 6) is 0. The molecule has 0 atom stereocenters. The maximum atomic E-state index is 11.8. The van der Waals surface area contributed by atoms with Crippen molar-refractivity contribution in [2.75, 3.05) is 26.2 Å². The third-order valence-corrected chi connectivity index (χ3v) is 4.28. The van der Waals surface area contributed by atoms with Gasteiger partial charge in [-0.15, -0.1) is 0 Å². The van der Waals surface area contributed by atoms with Crippen LogP contribution in [0.3, 0.4) is 0 Å². The van der Waals surface area contributed by atoms with E-state index in [1.54, 1.807) is 0 Å². The van der Waals surface area contributed by atoms with E-state index in [0.717, 1.165) is 51.7 Å². The van der Waals surface area contributed by atoms with E-state index in [9.17, 15) is 9.90 Å². The van der Waals surface area contributed by atoms with Gasteiger partial charge in [-0.1, -0.05) is 12.2 Å². The standard InChI is InChI=1S/C15H27N3O2/c1-12(2)10-18-8-4-13(5-9-18)17-14(19)16-11-15(20)6-3-7-15/h13,20H,1,3-11H2,2H3,(H2,16,17,19). The van der Waals surface area contributed by atoms with Crippen LogP contribution in [0.1, 0.15) is 39.0 Å². The number of likely N-dealkylation sites (tertiary alicyclic amines) is 1. The highest BCUT2D eigenvalue weighted by Gasteiger charge is 2.34. The second-order valence-corrected chi connectivity index (χ2v) is 6.41. The van der Waals surface area contributed by atoms with Crippen LogP contribution in [0, 0.1) is 0 Å². The van der Waals surface area contributed by atoms with E-state index in [1.807, 2.05) is 6.92 Å². The number of rotatable bonds is 5. The molecule has 0 aromatic carbocycles. The fourth-order valence-corrected chi connectivity index (χ4v) is 2.86. The molecule has 2 amide bonds. The van der Waals surface area contributed by atoms with Crippen LogP contribution in [-0.2, 0) is 0 Å². The number of urea groups is 1. The lowest BCUT2D eigenvalue weighted by molar-refractivity contribution is -0.0290. The number of aliphatic hydroxyl groups is 1. The van der Waals surface area contributed by atoms with E-state index in [1.165, 1.54) is 5.57 Å². The number of hydrogen-bond donors (Lipinski definition) is 3. The minimum absolute atomic E-state index is 0.149. The SMILES string of the molecule is C=C(C)CN1CCC(NC(=O)NCC2(O)CCC2)CC1. The van der Waals surface area contributed by atoms with Crippen LogP contribution in [0.5, 0.6) is 0 Å². The highest BCUT2D eigenvalue weighted by molar-refractivity contribution is 5.74. The quantitative estimate of drug-likeness (QED) is 0.664. The molecule has 2 rings (SSSR count). The number of carbonyl (C=O) groups is 1. The monoisotopic (exact) mass is 281 g/mol. The minimum Gasteiger partial charge on any atom is -0.388 e. The third-order valence-electron chi connectivity index (χ3n) is 4.28. The molecule has 0 unspecified atom stereocenters. The smallest absolute Gasteiger partial charge is 0.315 e. The number of piperidine rings is 1. The molecule has 1 saturated heterocycles. The summed E-state index contributed by atoms with van der Waals surface area (Å²) in [6.45, 7) is 9.30. The van der Waals surface area contributed by atoms with Crippen LogP contribution < -0.4 is 10.6 Å². The van der Waals surface area contributed by atoms with Gasteiger partial charge < -0.3 is 15.7 Å². The van der Waals surface area contributed by atoms with Crippen molar-refractivity contribution >= 4 is 6.03 Å². The van der Waals surface area contributed by atoms with Crippen LogP contribution in [0.2, 0.25) is 0 Å². The van der Waals surface area contributed by atoms with Crippen LogP contribution >= 0.6 is 0 Å². The molecule has 2 fully saturated rings. The lowest BCUT2D eigenvalue weighted by atomic mass is 9.80. The van der Waals surface area contributed by atoms with Crippen LogP contribution in [0.4, 0.5) is 4.79 Å². The van der Waals surface area contributed by atoms with Crippen molar-refractivity contribution in [3.8, 4) is 0 Å². The average Bonchev–Trinajstić information content (AvgIpc) is 2.36. The molecule has 5 nitrogen and oxygen atoms in total. The molecule has 0 aromatic rings. The number of hydrogen-bond acceptors (Lipinski definition) is 3. The highest BCUT2D eigenvalue weighted by atomic mass is 16.3. The predicted octanol–water partition coefficient (Wildman–Crippen LogP) is 1.24. The summed E-state index contributed by atoms with van der Waals surface area (Å²) < 4.78 is 0. The zero-order valence-electron chi connectivity index (χ0n) is 12.5. The summed E-state index contributed by atoms with van der Waals surface area (Å²) in [4.78, 5) is 14.2. The molecule has 0 radical (unpaired) electrons. The maximum absolute atomic E-state index is 11.8. The van der Waals surface area contributed by atoms with Gasteiger partial charge in [0.15, 0.2) is 0 Å². The van der Waals surface area contributed by atoms with Crippen LogP contribution in [0.25, 0.3) is 0 Å². The van der Waals surface area contributed by atoms with Crippen molar-refractivity contribution in [1.29, 1.82) is 0 Å². The highest BCUT2D eigenvalue weighted by Crippen LogP contribution is 2.30. The first kappa shape index (κ1) is 15.3. The van der Waals surface area contributed by atoms with Crippen molar-refractivity contribution in [3.63, 3.8) is 0 Å². The van der Waals surface area contributed by atoms with Gasteiger partial charge in [0.05, 0.1) is 5.60 Å². The van der Waals surface area contributed by atoms with E-state index >= 15 is 0 Å². The van der Waals surface area contributed by atoms with Gasteiger partial charge >= 0.3 is 6.03 Å². The Balaban J connectivity index is 1.62. The van der Waals surface area contributed by atoms with Crippen LogP contribution in [-0.4, -0.2) is 53.9 Å². The summed E-state index contributed by atoms with van der Waals surface area (Å²) in [6, 6.07) is 0.0936. The number of nitrogens with zero attached hydrogens (tertiary/aromatic N) is 1. The molecule has 0 spiro atoms. The summed E-state index contributed by atoms with van der Waals surface area (Å²) in [5.41, 5.74) is 0.533. The zero-order valence-corrected chi connectivity index (χ0v) is 12.5. The lowest BCUT2D eigenvalue weighted by Crippen LogP contribution is -2.53. The summed E-state index contributed by atoms with van der Waals surface area (Å²) >= 11 is 0. The average molecular weight is 281 g/mol. The van der Waals surface area contributed by atoms with Crippen molar-refractivity contribution in [3.05, 3.63) is 12.2 Å². The molecular weight excluding hydrogens is 254 g/mol. The van der Waals surface area contributed by atoms with Gasteiger partial charge in [-0.25, -0.2) is 4.79 Å². The molecule has 1 aliphatic heterocycles. The largest absolute Gasteiger partial charge is 0.388 e. The van der Waals surface area contributed by atoms with Crippen molar-refractivity contribution in [2.24, 2.45) is 0 Å². The van der Waals surface area contributed by atoms with Gasteiger partial charge in [-0.2, -0.15) is 0 Å². The zero-order chi connectivity index (χ0) is 14.6. The molecule has 2 aliphatic rings. The van der Waals surface area contributed by atoms with Gasteiger partial charge in [0.1, 0.15) is 0 Å². The molecule has 1 saturated carbocycles. The van der Waals surface area contributed by atoms with E-state index in [-0.39, 0.29) is 12.1 Å². The second kappa shape index (κ2) is 6.59. The summed E-state index contributed by atoms with van der Waals surface area (Å²) in [6.07, 6.45) is 4.61. The fraction of sp³-hybridized carbons (Fsp3) is 0.800. The third kappa shape index (κ3) is 4.49. The van der Waals surface area contributed by atoms with Gasteiger partial charge in [-0.05, 0) is 39.0 Å². The predicted molar refractivity (Wildman–Crippen MR) is 79.6 cm³/mol. The molecule has 1 heterocycles. The van der Waals surface area contributed by atoms with Crippen molar-refractivity contribution < 1.29 is 9.90 Å². The molecule has 3 N–H and O–H groups in total. The van der Waals surface area contributed by atoms with E-state index in [4.69, 9.17) is 0 Å².